The second-order valence-electron chi connectivity index (χ2n) is 4.97. The first-order chi connectivity index (χ1) is 9.08. The van der Waals surface area contributed by atoms with E-state index in [1.165, 1.54) is 0 Å². The fourth-order valence-electron chi connectivity index (χ4n) is 2.13. The Bertz CT molecular complexity index is 695. The molecule has 0 bridgehead atoms. The Balaban J connectivity index is 2.10. The molecule has 0 aliphatic carbocycles. The van der Waals surface area contributed by atoms with Crippen LogP contribution in [-0.2, 0) is 4.74 Å². The highest BCUT2D eigenvalue weighted by atomic mass is 16.6. The first-order valence-corrected chi connectivity index (χ1v) is 6.36. The Morgan fingerprint density at radius 1 is 1.21 bits per heavy atom. The molecule has 2 heterocycles. The number of epoxide rings is 1. The average Bonchev–Trinajstić information content (AvgIpc) is 3.20. The van der Waals surface area contributed by atoms with Gasteiger partial charge in [-0.2, -0.15) is 0 Å². The Morgan fingerprint density at radius 3 is 2.63 bits per heavy atom. The zero-order valence-corrected chi connectivity index (χ0v) is 11.3. The van der Waals surface area contributed by atoms with Crippen LogP contribution in [0.2, 0.25) is 0 Å². The lowest BCUT2D eigenvalue weighted by atomic mass is 10.0. The van der Waals surface area contributed by atoms with Crippen LogP contribution in [0.5, 0.6) is 5.75 Å². The minimum Gasteiger partial charge on any atom is -0.490 e. The van der Waals surface area contributed by atoms with Gasteiger partial charge in [-0.3, -0.25) is 0 Å². The van der Waals surface area contributed by atoms with Crippen LogP contribution in [0.15, 0.2) is 21.3 Å². The summed E-state index contributed by atoms with van der Waals surface area (Å²) in [5, 5.41) is 0.963. The molecule has 1 saturated heterocycles. The molecule has 1 atom stereocenters. The molecule has 1 aromatic heterocycles. The van der Waals surface area contributed by atoms with Gasteiger partial charge in [0.15, 0.2) is 0 Å². The predicted octanol–water partition coefficient (Wildman–Crippen LogP) is 2.50. The monoisotopic (exact) mass is 260 g/mol. The highest BCUT2D eigenvalue weighted by Gasteiger charge is 2.23. The normalized spacial score (nSPS) is 17.7. The molecule has 1 aliphatic heterocycles. The van der Waals surface area contributed by atoms with Gasteiger partial charge in [0, 0.05) is 16.5 Å². The third-order valence-electron chi connectivity index (χ3n) is 3.65. The molecule has 4 nitrogen and oxygen atoms in total. The lowest BCUT2D eigenvalue weighted by Gasteiger charge is -2.11. The molecule has 0 N–H and O–H groups in total. The van der Waals surface area contributed by atoms with Gasteiger partial charge in [0.1, 0.15) is 24.0 Å². The fourth-order valence-corrected chi connectivity index (χ4v) is 2.13. The van der Waals surface area contributed by atoms with E-state index in [1.54, 1.807) is 6.92 Å². The SMILES string of the molecule is Cc1c(C)c2ccc(OCC3CO3)c(C)c2oc1=O. The standard InChI is InChI=1S/C15H16O4/c1-8-9(2)15(16)19-14-10(3)13(5-4-12(8)14)18-7-11-6-17-11/h4-5,11H,6-7H2,1-3H3. The first kappa shape index (κ1) is 12.2. The summed E-state index contributed by atoms with van der Waals surface area (Å²) in [6, 6.07) is 3.86. The average molecular weight is 260 g/mol. The van der Waals surface area contributed by atoms with Crippen LogP contribution in [0.1, 0.15) is 16.7 Å². The van der Waals surface area contributed by atoms with E-state index in [0.717, 1.165) is 28.9 Å². The number of fused-ring (bicyclic) bond motifs is 1. The highest BCUT2D eigenvalue weighted by Crippen LogP contribution is 2.29. The summed E-state index contributed by atoms with van der Waals surface area (Å²) in [6.07, 6.45) is 0.210. The van der Waals surface area contributed by atoms with Crippen molar-refractivity contribution in [3.05, 3.63) is 39.2 Å². The molecule has 0 saturated carbocycles. The summed E-state index contributed by atoms with van der Waals surface area (Å²) in [4.78, 5) is 11.8. The topological polar surface area (TPSA) is 52.0 Å². The van der Waals surface area contributed by atoms with E-state index in [-0.39, 0.29) is 11.7 Å². The molecule has 0 spiro atoms. The number of hydrogen-bond donors (Lipinski definition) is 0. The van der Waals surface area contributed by atoms with Crippen molar-refractivity contribution in [2.45, 2.75) is 26.9 Å². The largest absolute Gasteiger partial charge is 0.490 e. The van der Waals surface area contributed by atoms with E-state index in [0.29, 0.717) is 17.8 Å². The number of benzene rings is 1. The van der Waals surface area contributed by atoms with Gasteiger partial charge >= 0.3 is 5.63 Å². The Labute approximate surface area is 110 Å². The third kappa shape index (κ3) is 2.12. The van der Waals surface area contributed by atoms with Crippen LogP contribution in [0, 0.1) is 20.8 Å². The molecule has 100 valence electrons. The van der Waals surface area contributed by atoms with Crippen LogP contribution in [-0.4, -0.2) is 19.3 Å². The molecule has 1 aliphatic rings. The van der Waals surface area contributed by atoms with Crippen LogP contribution < -0.4 is 10.4 Å². The van der Waals surface area contributed by atoms with Crippen molar-refractivity contribution in [1.82, 2.24) is 0 Å². The maximum Gasteiger partial charge on any atom is 0.339 e. The second kappa shape index (κ2) is 4.38. The number of rotatable bonds is 3. The molecule has 0 amide bonds. The van der Waals surface area contributed by atoms with Crippen molar-refractivity contribution in [2.75, 3.05) is 13.2 Å². The Morgan fingerprint density at radius 2 is 1.95 bits per heavy atom. The quantitative estimate of drug-likeness (QED) is 0.628. The molecule has 4 heteroatoms. The summed E-state index contributed by atoms with van der Waals surface area (Å²) in [6.45, 7) is 6.93. The van der Waals surface area contributed by atoms with Crippen LogP contribution in [0.4, 0.5) is 0 Å². The minimum absolute atomic E-state index is 0.210. The van der Waals surface area contributed by atoms with E-state index in [2.05, 4.69) is 0 Å². The number of ether oxygens (including phenoxy) is 2. The summed E-state index contributed by atoms with van der Waals surface area (Å²) in [5.74, 6) is 0.745. The Hall–Kier alpha value is -1.81. The molecule has 1 fully saturated rings. The van der Waals surface area contributed by atoms with Crippen molar-refractivity contribution in [1.29, 1.82) is 0 Å². The molecule has 1 unspecified atom stereocenters. The van der Waals surface area contributed by atoms with E-state index < -0.39 is 0 Å². The lowest BCUT2D eigenvalue weighted by molar-refractivity contribution is 0.261. The van der Waals surface area contributed by atoms with Crippen molar-refractivity contribution in [3.63, 3.8) is 0 Å². The van der Waals surface area contributed by atoms with E-state index in [9.17, 15) is 4.79 Å². The molecule has 3 rings (SSSR count). The zero-order chi connectivity index (χ0) is 13.6. The molecular weight excluding hydrogens is 244 g/mol. The van der Waals surface area contributed by atoms with E-state index >= 15 is 0 Å². The second-order valence-corrected chi connectivity index (χ2v) is 4.97. The number of hydrogen-bond acceptors (Lipinski definition) is 4. The molecule has 19 heavy (non-hydrogen) atoms. The van der Waals surface area contributed by atoms with Gasteiger partial charge in [-0.25, -0.2) is 4.79 Å². The van der Waals surface area contributed by atoms with Gasteiger partial charge in [0.2, 0.25) is 0 Å². The third-order valence-corrected chi connectivity index (χ3v) is 3.65. The first-order valence-electron chi connectivity index (χ1n) is 6.36. The van der Waals surface area contributed by atoms with Crippen molar-refractivity contribution < 1.29 is 13.9 Å². The molecule has 0 radical (unpaired) electrons. The van der Waals surface area contributed by atoms with Crippen LogP contribution in [0.25, 0.3) is 11.0 Å². The van der Waals surface area contributed by atoms with Gasteiger partial charge in [0.05, 0.1) is 6.61 Å². The summed E-state index contributed by atoms with van der Waals surface area (Å²) >= 11 is 0. The van der Waals surface area contributed by atoms with E-state index in [4.69, 9.17) is 13.9 Å². The Kier molecular flexibility index (Phi) is 2.82. The summed E-state index contributed by atoms with van der Waals surface area (Å²) < 4.78 is 16.2. The van der Waals surface area contributed by atoms with Gasteiger partial charge < -0.3 is 13.9 Å². The van der Waals surface area contributed by atoms with Crippen LogP contribution in [0.3, 0.4) is 0 Å². The smallest absolute Gasteiger partial charge is 0.339 e. The minimum atomic E-state index is -0.282. The van der Waals surface area contributed by atoms with Crippen molar-refractivity contribution in [3.8, 4) is 5.75 Å². The predicted molar refractivity (Wildman–Crippen MR) is 71.9 cm³/mol. The van der Waals surface area contributed by atoms with Gasteiger partial charge in [-0.15, -0.1) is 0 Å². The number of aryl methyl sites for hydroxylation is 2. The molecule has 2 aromatic rings. The highest BCUT2D eigenvalue weighted by molar-refractivity contribution is 5.85. The fraction of sp³-hybridized carbons (Fsp3) is 0.400. The van der Waals surface area contributed by atoms with Gasteiger partial charge in [-0.05, 0) is 38.5 Å². The maximum absolute atomic E-state index is 11.8. The lowest BCUT2D eigenvalue weighted by Crippen LogP contribution is -2.08. The van der Waals surface area contributed by atoms with Crippen molar-refractivity contribution >= 4 is 11.0 Å². The molecule has 1 aromatic carbocycles. The van der Waals surface area contributed by atoms with E-state index in [1.807, 2.05) is 26.0 Å². The summed E-state index contributed by atoms with van der Waals surface area (Å²) in [7, 11) is 0. The van der Waals surface area contributed by atoms with Crippen LogP contribution >= 0.6 is 0 Å². The zero-order valence-electron chi connectivity index (χ0n) is 11.3. The summed E-state index contributed by atoms with van der Waals surface area (Å²) in [5.41, 5.74) is 2.81. The van der Waals surface area contributed by atoms with Gasteiger partial charge in [0.25, 0.3) is 0 Å². The maximum atomic E-state index is 11.8. The van der Waals surface area contributed by atoms with Crippen molar-refractivity contribution in [2.24, 2.45) is 0 Å². The van der Waals surface area contributed by atoms with Gasteiger partial charge in [-0.1, -0.05) is 0 Å². The molecular formula is C15H16O4.